The van der Waals surface area contributed by atoms with Gasteiger partial charge >= 0.3 is 5.97 Å². The molecule has 0 unspecified atom stereocenters. The molecule has 0 aliphatic rings. The van der Waals surface area contributed by atoms with Gasteiger partial charge in [0.15, 0.2) is 11.5 Å². The van der Waals surface area contributed by atoms with Crippen LogP contribution >= 0.6 is 0 Å². The minimum absolute atomic E-state index is 0.00140. The number of hydrogen-bond acceptors (Lipinski definition) is 8. The second kappa shape index (κ2) is 11.2. The normalized spacial score (nSPS) is 10.8. The van der Waals surface area contributed by atoms with Crippen LogP contribution in [0.1, 0.15) is 11.1 Å². The van der Waals surface area contributed by atoms with Crippen LogP contribution in [0.3, 0.4) is 0 Å². The Morgan fingerprint density at radius 3 is 2.47 bits per heavy atom. The lowest BCUT2D eigenvalue weighted by molar-refractivity contribution is -0.384. The Balaban J connectivity index is 2.10. The fraction of sp³-hybridized carbons (Fsp3) is 0.238. The molecule has 0 amide bonds. The summed E-state index contributed by atoms with van der Waals surface area (Å²) in [5.74, 6) is 0.0943. The van der Waals surface area contributed by atoms with Gasteiger partial charge in [-0.3, -0.25) is 10.1 Å². The van der Waals surface area contributed by atoms with Crippen molar-refractivity contribution in [3.63, 3.8) is 0 Å². The number of nitro benzene ring substituents is 1. The molecule has 0 bridgehead atoms. The second-order valence-corrected chi connectivity index (χ2v) is 5.92. The van der Waals surface area contributed by atoms with Gasteiger partial charge in [0, 0.05) is 19.2 Å². The predicted molar refractivity (Wildman–Crippen MR) is 107 cm³/mol. The van der Waals surface area contributed by atoms with E-state index in [0.29, 0.717) is 17.1 Å². The third-order valence-corrected chi connectivity index (χ3v) is 3.90. The van der Waals surface area contributed by atoms with Crippen LogP contribution in [0.4, 0.5) is 5.69 Å². The van der Waals surface area contributed by atoms with Gasteiger partial charge in [-0.1, -0.05) is 6.07 Å². The molecular formula is C21H20N2O7. The number of nitro groups is 1. The van der Waals surface area contributed by atoms with Gasteiger partial charge in [0.05, 0.1) is 18.6 Å². The summed E-state index contributed by atoms with van der Waals surface area (Å²) < 4.78 is 20.8. The molecule has 0 aliphatic heterocycles. The van der Waals surface area contributed by atoms with Crippen molar-refractivity contribution in [1.82, 2.24) is 0 Å². The maximum atomic E-state index is 11.9. The average Bonchev–Trinajstić information content (AvgIpc) is 2.76. The molecule has 0 radical (unpaired) electrons. The first-order valence-electron chi connectivity index (χ1n) is 8.80. The minimum Gasteiger partial charge on any atom is -0.493 e. The molecule has 0 spiro atoms. The van der Waals surface area contributed by atoms with Crippen LogP contribution in [-0.2, 0) is 20.9 Å². The first-order valence-corrected chi connectivity index (χ1v) is 8.80. The van der Waals surface area contributed by atoms with E-state index in [1.807, 2.05) is 6.07 Å². The monoisotopic (exact) mass is 412 g/mol. The molecule has 0 N–H and O–H groups in total. The van der Waals surface area contributed by atoms with E-state index in [2.05, 4.69) is 0 Å². The number of benzene rings is 2. The van der Waals surface area contributed by atoms with Crippen molar-refractivity contribution < 1.29 is 28.7 Å². The van der Waals surface area contributed by atoms with Gasteiger partial charge in [-0.15, -0.1) is 0 Å². The van der Waals surface area contributed by atoms with Crippen molar-refractivity contribution in [1.29, 1.82) is 5.26 Å². The Morgan fingerprint density at radius 1 is 1.13 bits per heavy atom. The van der Waals surface area contributed by atoms with E-state index in [9.17, 15) is 20.2 Å². The molecule has 0 atom stereocenters. The van der Waals surface area contributed by atoms with Gasteiger partial charge in [0.25, 0.3) is 5.69 Å². The van der Waals surface area contributed by atoms with Crippen LogP contribution in [0.15, 0.2) is 48.0 Å². The van der Waals surface area contributed by atoms with Crippen LogP contribution < -0.4 is 9.47 Å². The molecule has 0 aromatic heterocycles. The summed E-state index contributed by atoms with van der Waals surface area (Å²) in [4.78, 5) is 22.2. The number of carbonyl (C=O) groups excluding carboxylic acids is 1. The van der Waals surface area contributed by atoms with Crippen molar-refractivity contribution in [3.05, 3.63) is 69.3 Å². The van der Waals surface area contributed by atoms with Crippen LogP contribution in [0.2, 0.25) is 0 Å². The lowest BCUT2D eigenvalue weighted by atomic mass is 10.1. The van der Waals surface area contributed by atoms with Crippen molar-refractivity contribution >= 4 is 17.7 Å². The van der Waals surface area contributed by atoms with Gasteiger partial charge in [0.2, 0.25) is 0 Å². The van der Waals surface area contributed by atoms with E-state index in [1.165, 1.54) is 32.4 Å². The summed E-state index contributed by atoms with van der Waals surface area (Å²) in [6.45, 7) is 0.463. The summed E-state index contributed by atoms with van der Waals surface area (Å²) in [5, 5.41) is 19.9. The van der Waals surface area contributed by atoms with E-state index in [1.54, 1.807) is 30.3 Å². The van der Waals surface area contributed by atoms with E-state index in [-0.39, 0.29) is 31.1 Å². The van der Waals surface area contributed by atoms with Gasteiger partial charge < -0.3 is 18.9 Å². The SMILES string of the molecule is COCCOC(=O)/C(C#N)=C/c1ccc(OCc2ccc([N+](=O)[O-])cc2)c(OC)c1. The lowest BCUT2D eigenvalue weighted by Gasteiger charge is -2.11. The van der Waals surface area contributed by atoms with Gasteiger partial charge in [0.1, 0.15) is 24.9 Å². The Labute approximate surface area is 173 Å². The van der Waals surface area contributed by atoms with E-state index >= 15 is 0 Å². The zero-order valence-corrected chi connectivity index (χ0v) is 16.5. The average molecular weight is 412 g/mol. The third-order valence-electron chi connectivity index (χ3n) is 3.90. The first-order chi connectivity index (χ1) is 14.5. The van der Waals surface area contributed by atoms with E-state index < -0.39 is 10.9 Å². The van der Waals surface area contributed by atoms with Gasteiger partial charge in [-0.05, 0) is 41.5 Å². The van der Waals surface area contributed by atoms with E-state index in [4.69, 9.17) is 18.9 Å². The fourth-order valence-corrected chi connectivity index (χ4v) is 2.37. The number of ether oxygens (including phenoxy) is 4. The van der Waals surface area contributed by atoms with Crippen LogP contribution in [0.25, 0.3) is 6.08 Å². The summed E-state index contributed by atoms with van der Waals surface area (Å²) in [7, 11) is 2.94. The quantitative estimate of drug-likeness (QED) is 0.146. The summed E-state index contributed by atoms with van der Waals surface area (Å²) >= 11 is 0. The summed E-state index contributed by atoms with van der Waals surface area (Å²) in [5.41, 5.74) is 1.14. The molecule has 0 saturated heterocycles. The number of carbonyl (C=O) groups is 1. The Morgan fingerprint density at radius 2 is 1.87 bits per heavy atom. The number of esters is 1. The van der Waals surface area contributed by atoms with E-state index in [0.717, 1.165) is 5.56 Å². The van der Waals surface area contributed by atoms with Crippen LogP contribution in [0.5, 0.6) is 11.5 Å². The van der Waals surface area contributed by atoms with Crippen molar-refractivity contribution in [2.45, 2.75) is 6.61 Å². The van der Waals surface area contributed by atoms with Crippen molar-refractivity contribution in [2.24, 2.45) is 0 Å². The minimum atomic E-state index is -0.744. The van der Waals surface area contributed by atoms with Crippen LogP contribution in [-0.4, -0.2) is 38.3 Å². The summed E-state index contributed by atoms with van der Waals surface area (Å²) in [6, 6.07) is 12.7. The molecule has 0 heterocycles. The smallest absolute Gasteiger partial charge is 0.348 e. The maximum absolute atomic E-state index is 11.9. The van der Waals surface area contributed by atoms with Crippen molar-refractivity contribution in [2.75, 3.05) is 27.4 Å². The molecule has 156 valence electrons. The number of hydrogen-bond donors (Lipinski definition) is 0. The molecule has 0 saturated carbocycles. The molecule has 9 nitrogen and oxygen atoms in total. The molecule has 0 fully saturated rings. The molecule has 9 heteroatoms. The Bertz CT molecular complexity index is 962. The molecule has 2 aromatic carbocycles. The molecule has 0 aliphatic carbocycles. The predicted octanol–water partition coefficient (Wildman–Crippen LogP) is 3.28. The zero-order chi connectivity index (χ0) is 21.9. The highest BCUT2D eigenvalue weighted by Gasteiger charge is 2.12. The topological polar surface area (TPSA) is 121 Å². The Kier molecular flexibility index (Phi) is 8.35. The van der Waals surface area contributed by atoms with Gasteiger partial charge in [-0.2, -0.15) is 5.26 Å². The molecule has 2 rings (SSSR count). The fourth-order valence-electron chi connectivity index (χ4n) is 2.37. The highest BCUT2D eigenvalue weighted by molar-refractivity contribution is 5.97. The number of nitrogens with zero attached hydrogens (tertiary/aromatic N) is 2. The molecule has 2 aromatic rings. The number of nitriles is 1. The van der Waals surface area contributed by atoms with Crippen LogP contribution in [0, 0.1) is 21.4 Å². The van der Waals surface area contributed by atoms with Crippen molar-refractivity contribution in [3.8, 4) is 17.6 Å². The van der Waals surface area contributed by atoms with Gasteiger partial charge in [-0.25, -0.2) is 4.79 Å². The lowest BCUT2D eigenvalue weighted by Crippen LogP contribution is -2.11. The Hall–Kier alpha value is -3.90. The third kappa shape index (κ3) is 6.32. The highest BCUT2D eigenvalue weighted by Crippen LogP contribution is 2.30. The molecular weight excluding hydrogens is 392 g/mol. The number of rotatable bonds is 10. The maximum Gasteiger partial charge on any atom is 0.348 e. The second-order valence-electron chi connectivity index (χ2n) is 5.92. The first kappa shape index (κ1) is 22.4. The largest absolute Gasteiger partial charge is 0.493 e. The standard InChI is InChI=1S/C21H20N2O7/c1-27-9-10-29-21(24)17(13-22)11-16-5-8-19(20(12-16)28-2)30-14-15-3-6-18(7-4-15)23(25)26/h3-8,11-12H,9-10,14H2,1-2H3/b17-11+. The number of methoxy groups -OCH3 is 2. The highest BCUT2D eigenvalue weighted by atomic mass is 16.6. The number of non-ortho nitro benzene ring substituents is 1. The zero-order valence-electron chi connectivity index (χ0n) is 16.5. The molecule has 30 heavy (non-hydrogen) atoms. The summed E-state index contributed by atoms with van der Waals surface area (Å²) in [6.07, 6.45) is 1.39.